The Morgan fingerprint density at radius 2 is 1.81 bits per heavy atom. The Bertz CT molecular complexity index is 1130. The van der Waals surface area contributed by atoms with Crippen molar-refractivity contribution in [3.63, 3.8) is 0 Å². The van der Waals surface area contributed by atoms with Gasteiger partial charge in [0.2, 0.25) is 0 Å². The normalized spacial score (nSPS) is 14.0. The number of nitrogens with zero attached hydrogens (tertiary/aromatic N) is 5. The van der Waals surface area contributed by atoms with Crippen molar-refractivity contribution >= 4 is 11.8 Å². The molecule has 0 radical (unpaired) electrons. The van der Waals surface area contributed by atoms with Crippen LogP contribution < -0.4 is 4.90 Å². The van der Waals surface area contributed by atoms with Gasteiger partial charge < -0.3 is 15.1 Å². The zero-order valence-electron chi connectivity index (χ0n) is 16.8. The molecule has 0 amide bonds. The monoisotopic (exact) mass is 415 g/mol. The second-order valence-corrected chi connectivity index (χ2v) is 7.18. The fraction of sp³-hybridized carbons (Fsp3) is 0.217. The fourth-order valence-corrected chi connectivity index (χ4v) is 3.40. The van der Waals surface area contributed by atoms with Crippen LogP contribution in [0.5, 0.6) is 5.75 Å². The Morgan fingerprint density at radius 3 is 2.52 bits per heavy atom. The van der Waals surface area contributed by atoms with Crippen LogP contribution in [0.4, 0.5) is 5.82 Å². The first-order chi connectivity index (χ1) is 15.1. The lowest BCUT2D eigenvalue weighted by atomic mass is 10.1. The van der Waals surface area contributed by atoms with Gasteiger partial charge in [0.15, 0.2) is 11.5 Å². The van der Waals surface area contributed by atoms with E-state index in [4.69, 9.17) is 5.11 Å². The molecule has 3 heterocycles. The highest BCUT2D eigenvalue weighted by Gasteiger charge is 2.19. The number of aromatic nitrogens is 3. The first-order valence-corrected chi connectivity index (χ1v) is 9.87. The Hall–Kier alpha value is -3.96. The third kappa shape index (κ3) is 5.15. The molecule has 0 unspecified atom stereocenters. The molecule has 4 rings (SSSR count). The van der Waals surface area contributed by atoms with Gasteiger partial charge in [0.1, 0.15) is 5.75 Å². The molecule has 1 aliphatic heterocycles. The maximum Gasteiger partial charge on any atom is 0.356 e. The van der Waals surface area contributed by atoms with E-state index in [1.807, 2.05) is 18.2 Å². The van der Waals surface area contributed by atoms with Crippen LogP contribution in [0.25, 0.3) is 0 Å². The average Bonchev–Trinajstić information content (AvgIpc) is 2.79. The van der Waals surface area contributed by atoms with E-state index < -0.39 is 5.97 Å². The molecule has 8 nitrogen and oxygen atoms in total. The van der Waals surface area contributed by atoms with Crippen LogP contribution in [0, 0.1) is 11.8 Å². The van der Waals surface area contributed by atoms with E-state index in [2.05, 4.69) is 42.9 Å². The van der Waals surface area contributed by atoms with Crippen molar-refractivity contribution < 1.29 is 15.0 Å². The highest BCUT2D eigenvalue weighted by atomic mass is 16.4. The lowest BCUT2D eigenvalue weighted by Crippen LogP contribution is -2.46. The average molecular weight is 415 g/mol. The van der Waals surface area contributed by atoms with Crippen molar-refractivity contribution in [3.05, 3.63) is 77.2 Å². The molecule has 1 aromatic carbocycles. The van der Waals surface area contributed by atoms with Crippen LogP contribution in [0.1, 0.15) is 27.2 Å². The minimum Gasteiger partial charge on any atom is -0.506 e. The third-order valence-corrected chi connectivity index (χ3v) is 5.04. The Labute approximate surface area is 179 Å². The van der Waals surface area contributed by atoms with Crippen LogP contribution in [0.2, 0.25) is 0 Å². The van der Waals surface area contributed by atoms with Crippen molar-refractivity contribution in [3.8, 4) is 17.6 Å². The number of piperazine rings is 1. The SMILES string of the molecule is O=C(O)c1ccc(N2CCN(Cc3ccccc3C#Cc3cncc(O)c3)CC2)nn1. The van der Waals surface area contributed by atoms with Crippen molar-refractivity contribution in [2.24, 2.45) is 0 Å². The molecule has 2 N–H and O–H groups in total. The summed E-state index contributed by atoms with van der Waals surface area (Å²) in [5, 5.41) is 26.3. The highest BCUT2D eigenvalue weighted by molar-refractivity contribution is 5.85. The molecule has 8 heteroatoms. The quantitative estimate of drug-likeness (QED) is 0.624. The maximum absolute atomic E-state index is 10.9. The van der Waals surface area contributed by atoms with Crippen molar-refractivity contribution in [1.82, 2.24) is 20.1 Å². The van der Waals surface area contributed by atoms with E-state index in [-0.39, 0.29) is 11.4 Å². The summed E-state index contributed by atoms with van der Waals surface area (Å²) in [5.74, 6) is 5.97. The molecule has 0 saturated carbocycles. The minimum atomic E-state index is -1.08. The first kappa shape index (κ1) is 20.3. The van der Waals surface area contributed by atoms with Gasteiger partial charge in [-0.1, -0.05) is 30.0 Å². The molecular formula is C23H21N5O3. The lowest BCUT2D eigenvalue weighted by Gasteiger charge is -2.35. The molecule has 1 aliphatic rings. The van der Waals surface area contributed by atoms with E-state index in [9.17, 15) is 9.90 Å². The van der Waals surface area contributed by atoms with E-state index >= 15 is 0 Å². The zero-order valence-corrected chi connectivity index (χ0v) is 16.8. The Balaban J connectivity index is 1.39. The van der Waals surface area contributed by atoms with Gasteiger partial charge in [-0.05, 0) is 29.8 Å². The Morgan fingerprint density at radius 1 is 1.00 bits per heavy atom. The number of pyridine rings is 1. The molecule has 156 valence electrons. The second-order valence-electron chi connectivity index (χ2n) is 7.18. The smallest absolute Gasteiger partial charge is 0.356 e. The van der Waals surface area contributed by atoms with Gasteiger partial charge in [0.05, 0.1) is 6.20 Å². The molecule has 1 saturated heterocycles. The minimum absolute atomic E-state index is 0.0541. The molecule has 1 fully saturated rings. The van der Waals surface area contributed by atoms with E-state index in [0.29, 0.717) is 11.4 Å². The number of aromatic hydroxyl groups is 1. The summed E-state index contributed by atoms with van der Waals surface area (Å²) in [6, 6.07) is 12.8. The molecule has 0 bridgehead atoms. The molecule has 0 atom stereocenters. The van der Waals surface area contributed by atoms with Crippen molar-refractivity contribution in [2.75, 3.05) is 31.1 Å². The van der Waals surface area contributed by atoms with Crippen molar-refractivity contribution in [1.29, 1.82) is 0 Å². The maximum atomic E-state index is 10.9. The second kappa shape index (κ2) is 9.24. The summed E-state index contributed by atoms with van der Waals surface area (Å²) in [6.45, 7) is 4.04. The van der Waals surface area contributed by atoms with Crippen molar-refractivity contribution in [2.45, 2.75) is 6.54 Å². The fourth-order valence-electron chi connectivity index (χ4n) is 3.40. The number of carbonyl (C=O) groups is 1. The summed E-state index contributed by atoms with van der Waals surface area (Å²) < 4.78 is 0. The largest absolute Gasteiger partial charge is 0.506 e. The van der Waals surface area contributed by atoms with Crippen LogP contribution in [-0.4, -0.2) is 62.4 Å². The van der Waals surface area contributed by atoms with E-state index in [1.165, 1.54) is 12.3 Å². The van der Waals surface area contributed by atoms with E-state index in [1.54, 1.807) is 18.3 Å². The standard InChI is InChI=1S/C23H21N5O3/c29-20-13-17(14-24-15-20)5-6-18-3-1-2-4-19(18)16-27-9-11-28(12-10-27)22-8-7-21(23(30)31)25-26-22/h1-4,7-8,13-15,29H,9-12,16H2,(H,30,31). The van der Waals surface area contributed by atoms with E-state index in [0.717, 1.165) is 43.9 Å². The first-order valence-electron chi connectivity index (χ1n) is 9.87. The van der Waals surface area contributed by atoms with Crippen LogP contribution in [-0.2, 0) is 6.54 Å². The summed E-state index contributed by atoms with van der Waals surface area (Å²) >= 11 is 0. The van der Waals surface area contributed by atoms with Crippen LogP contribution in [0.3, 0.4) is 0 Å². The topological polar surface area (TPSA) is 103 Å². The van der Waals surface area contributed by atoms with Gasteiger partial charge in [-0.3, -0.25) is 9.88 Å². The number of hydrogen-bond donors (Lipinski definition) is 2. The molecule has 31 heavy (non-hydrogen) atoms. The molecule has 0 aliphatic carbocycles. The van der Waals surface area contributed by atoms with Gasteiger partial charge in [-0.15, -0.1) is 10.2 Å². The predicted molar refractivity (Wildman–Crippen MR) is 115 cm³/mol. The molecule has 2 aromatic heterocycles. The molecule has 0 spiro atoms. The van der Waals surface area contributed by atoms with Gasteiger partial charge in [0, 0.05) is 50.0 Å². The number of anilines is 1. The zero-order chi connectivity index (χ0) is 21.6. The molecule has 3 aromatic rings. The van der Waals surface area contributed by atoms with Gasteiger partial charge in [-0.2, -0.15) is 0 Å². The number of benzene rings is 1. The predicted octanol–water partition coefficient (Wildman–Crippen LogP) is 2.00. The number of aromatic carboxylic acids is 1. The summed E-state index contributed by atoms with van der Waals surface area (Å²) in [4.78, 5) is 19.3. The third-order valence-electron chi connectivity index (χ3n) is 5.04. The summed E-state index contributed by atoms with van der Waals surface area (Å²) in [7, 11) is 0. The van der Waals surface area contributed by atoms with Crippen LogP contribution in [0.15, 0.2) is 54.9 Å². The van der Waals surface area contributed by atoms with Gasteiger partial charge in [0.25, 0.3) is 0 Å². The molecular weight excluding hydrogens is 394 g/mol. The lowest BCUT2D eigenvalue weighted by molar-refractivity contribution is 0.0689. The van der Waals surface area contributed by atoms with Gasteiger partial charge in [-0.25, -0.2) is 4.79 Å². The number of rotatable bonds is 4. The number of hydrogen-bond acceptors (Lipinski definition) is 7. The van der Waals surface area contributed by atoms with Gasteiger partial charge >= 0.3 is 5.97 Å². The summed E-state index contributed by atoms with van der Waals surface area (Å²) in [6.07, 6.45) is 3.01. The summed E-state index contributed by atoms with van der Waals surface area (Å²) in [5.41, 5.74) is 2.70. The highest BCUT2D eigenvalue weighted by Crippen LogP contribution is 2.17. The number of carboxylic acids is 1. The number of carboxylic acid groups (broad SMARTS) is 1. The van der Waals surface area contributed by atoms with Crippen LogP contribution >= 0.6 is 0 Å². The Kier molecular flexibility index (Phi) is 6.05.